The molecule has 0 aromatic heterocycles. The van der Waals surface area contributed by atoms with Crippen LogP contribution >= 0.6 is 34.8 Å². The molecule has 0 spiro atoms. The second-order valence-electron chi connectivity index (χ2n) is 2.06. The number of alkyl halides is 3. The largest absolute Gasteiger partial charge is 0.466 e. The van der Waals surface area contributed by atoms with Gasteiger partial charge >= 0.3 is 5.97 Å². The number of rotatable bonds is 3. The summed E-state index contributed by atoms with van der Waals surface area (Å²) in [6, 6.07) is 0. The summed E-state index contributed by atoms with van der Waals surface area (Å²) >= 11 is 16.3. The molecule has 0 aliphatic heterocycles. The first kappa shape index (κ1) is 11.3. The molecule has 0 fully saturated rings. The molecule has 0 amide bonds. The third-order valence-corrected chi connectivity index (χ3v) is 1.48. The highest BCUT2D eigenvalue weighted by molar-refractivity contribution is 6.67. The number of halogens is 3. The second-order valence-corrected chi connectivity index (χ2v) is 4.57. The van der Waals surface area contributed by atoms with E-state index in [2.05, 4.69) is 4.74 Å². The first-order chi connectivity index (χ1) is 4.92. The van der Waals surface area contributed by atoms with Gasteiger partial charge < -0.3 is 4.74 Å². The van der Waals surface area contributed by atoms with Gasteiger partial charge in [-0.1, -0.05) is 34.8 Å². The van der Waals surface area contributed by atoms with Gasteiger partial charge in [-0.2, -0.15) is 0 Å². The van der Waals surface area contributed by atoms with Crippen LogP contribution in [0.15, 0.2) is 0 Å². The molecule has 2 nitrogen and oxygen atoms in total. The maximum Gasteiger partial charge on any atom is 0.302 e. The summed E-state index contributed by atoms with van der Waals surface area (Å²) in [4.78, 5) is 10.2. The lowest BCUT2D eigenvalue weighted by molar-refractivity contribution is -0.141. The third-order valence-electron chi connectivity index (χ3n) is 0.910. The van der Waals surface area contributed by atoms with Crippen molar-refractivity contribution in [3.8, 4) is 0 Å². The standard InChI is InChI=1S/C6H9Cl3O2/c1-5(10)11-4-2-3-6(7,8)9/h2-4H2,1H3. The molecule has 0 unspecified atom stereocenters. The highest BCUT2D eigenvalue weighted by Gasteiger charge is 2.18. The zero-order chi connectivity index (χ0) is 8.91. The molecule has 0 N–H and O–H groups in total. The van der Waals surface area contributed by atoms with Crippen LogP contribution in [-0.4, -0.2) is 16.4 Å². The molecule has 0 atom stereocenters. The highest BCUT2D eigenvalue weighted by atomic mass is 35.6. The Kier molecular flexibility index (Phi) is 5.23. The summed E-state index contributed by atoms with van der Waals surface area (Å²) in [5, 5.41) is 0. The summed E-state index contributed by atoms with van der Waals surface area (Å²) in [6.45, 7) is 1.65. The van der Waals surface area contributed by atoms with E-state index >= 15 is 0 Å². The Hall–Kier alpha value is 0.340. The van der Waals surface area contributed by atoms with Crippen molar-refractivity contribution in [3.05, 3.63) is 0 Å². The van der Waals surface area contributed by atoms with E-state index in [9.17, 15) is 4.79 Å². The SMILES string of the molecule is CC(=O)OCCCC(Cl)(Cl)Cl. The average molecular weight is 219 g/mol. The van der Waals surface area contributed by atoms with Crippen molar-refractivity contribution in [2.45, 2.75) is 23.6 Å². The lowest BCUT2D eigenvalue weighted by atomic mass is 10.3. The Bertz CT molecular complexity index is 130. The normalized spacial score (nSPS) is 11.3. The Morgan fingerprint density at radius 2 is 2.00 bits per heavy atom. The summed E-state index contributed by atoms with van der Waals surface area (Å²) in [7, 11) is 0. The van der Waals surface area contributed by atoms with Crippen molar-refractivity contribution < 1.29 is 9.53 Å². The van der Waals surface area contributed by atoms with Gasteiger partial charge in [0, 0.05) is 6.92 Å². The van der Waals surface area contributed by atoms with Gasteiger partial charge in [-0.05, 0) is 12.8 Å². The summed E-state index contributed by atoms with van der Waals surface area (Å²) in [6.07, 6.45) is 0.959. The van der Waals surface area contributed by atoms with E-state index in [1.54, 1.807) is 0 Å². The van der Waals surface area contributed by atoms with Crippen LogP contribution in [0.4, 0.5) is 0 Å². The molecule has 0 radical (unpaired) electrons. The van der Waals surface area contributed by atoms with Gasteiger partial charge in [0.05, 0.1) is 6.61 Å². The maximum absolute atomic E-state index is 10.2. The highest BCUT2D eigenvalue weighted by Crippen LogP contribution is 2.30. The summed E-state index contributed by atoms with van der Waals surface area (Å²) in [5.74, 6) is -0.311. The Labute approximate surface area is 80.7 Å². The van der Waals surface area contributed by atoms with E-state index in [0.717, 1.165) is 0 Å². The van der Waals surface area contributed by atoms with Crippen LogP contribution < -0.4 is 0 Å². The minimum absolute atomic E-state index is 0.309. The fraction of sp³-hybridized carbons (Fsp3) is 0.833. The average Bonchev–Trinajstić information content (AvgIpc) is 1.78. The zero-order valence-electron chi connectivity index (χ0n) is 6.07. The Morgan fingerprint density at radius 1 is 1.45 bits per heavy atom. The lowest BCUT2D eigenvalue weighted by Crippen LogP contribution is -2.06. The molecule has 0 aromatic carbocycles. The van der Waals surface area contributed by atoms with Crippen LogP contribution in [0.3, 0.4) is 0 Å². The van der Waals surface area contributed by atoms with Crippen LogP contribution in [0.25, 0.3) is 0 Å². The molecule has 66 valence electrons. The molecule has 0 saturated carbocycles. The predicted octanol–water partition coefficient (Wildman–Crippen LogP) is 2.70. The van der Waals surface area contributed by atoms with Crippen molar-refractivity contribution in [2.24, 2.45) is 0 Å². The quantitative estimate of drug-likeness (QED) is 0.414. The van der Waals surface area contributed by atoms with Crippen LogP contribution in [0, 0.1) is 0 Å². The monoisotopic (exact) mass is 218 g/mol. The van der Waals surface area contributed by atoms with Crippen molar-refractivity contribution in [1.82, 2.24) is 0 Å². The zero-order valence-corrected chi connectivity index (χ0v) is 8.34. The number of carbonyl (C=O) groups is 1. The minimum Gasteiger partial charge on any atom is -0.466 e. The van der Waals surface area contributed by atoms with Crippen LogP contribution in [0.5, 0.6) is 0 Å². The molecule has 0 bridgehead atoms. The molecular formula is C6H9Cl3O2. The van der Waals surface area contributed by atoms with E-state index in [0.29, 0.717) is 19.4 Å². The van der Waals surface area contributed by atoms with Crippen molar-refractivity contribution >= 4 is 40.8 Å². The van der Waals surface area contributed by atoms with Gasteiger partial charge in [0.2, 0.25) is 0 Å². The Balaban J connectivity index is 3.22. The van der Waals surface area contributed by atoms with E-state index < -0.39 is 3.79 Å². The fourth-order valence-electron chi connectivity index (χ4n) is 0.489. The number of ether oxygens (including phenoxy) is 1. The van der Waals surface area contributed by atoms with Crippen molar-refractivity contribution in [2.75, 3.05) is 6.61 Å². The number of hydrogen-bond acceptors (Lipinski definition) is 2. The molecule has 5 heteroatoms. The minimum atomic E-state index is -1.24. The molecule has 0 heterocycles. The van der Waals surface area contributed by atoms with E-state index in [1.807, 2.05) is 0 Å². The first-order valence-corrected chi connectivity index (χ1v) is 4.25. The van der Waals surface area contributed by atoms with E-state index in [-0.39, 0.29) is 5.97 Å². The summed E-state index contributed by atoms with van der Waals surface area (Å²) < 4.78 is 3.39. The van der Waals surface area contributed by atoms with Gasteiger partial charge in [-0.25, -0.2) is 0 Å². The topological polar surface area (TPSA) is 26.3 Å². The first-order valence-electron chi connectivity index (χ1n) is 3.12. The fourth-order valence-corrected chi connectivity index (χ4v) is 0.889. The number of hydrogen-bond donors (Lipinski definition) is 0. The molecule has 0 aromatic rings. The number of carbonyl (C=O) groups excluding carboxylic acids is 1. The van der Waals surface area contributed by atoms with Gasteiger partial charge in [0.25, 0.3) is 0 Å². The van der Waals surface area contributed by atoms with Gasteiger partial charge in [0.15, 0.2) is 3.79 Å². The van der Waals surface area contributed by atoms with Crippen molar-refractivity contribution in [3.63, 3.8) is 0 Å². The van der Waals surface area contributed by atoms with Gasteiger partial charge in [0.1, 0.15) is 0 Å². The smallest absolute Gasteiger partial charge is 0.302 e. The predicted molar refractivity (Wildman–Crippen MR) is 46.2 cm³/mol. The molecule has 0 aliphatic rings. The molecule has 0 aliphatic carbocycles. The van der Waals surface area contributed by atoms with E-state index in [4.69, 9.17) is 34.8 Å². The van der Waals surface area contributed by atoms with E-state index in [1.165, 1.54) is 6.92 Å². The lowest BCUT2D eigenvalue weighted by Gasteiger charge is -2.09. The maximum atomic E-state index is 10.2. The summed E-state index contributed by atoms with van der Waals surface area (Å²) in [5.41, 5.74) is 0. The Morgan fingerprint density at radius 3 is 2.36 bits per heavy atom. The third kappa shape index (κ3) is 10.3. The molecular weight excluding hydrogens is 210 g/mol. The van der Waals surface area contributed by atoms with Crippen LogP contribution in [-0.2, 0) is 9.53 Å². The van der Waals surface area contributed by atoms with Crippen LogP contribution in [0.2, 0.25) is 0 Å². The number of esters is 1. The molecule has 0 rings (SSSR count). The molecule has 11 heavy (non-hydrogen) atoms. The van der Waals surface area contributed by atoms with Gasteiger partial charge in [-0.15, -0.1) is 0 Å². The van der Waals surface area contributed by atoms with Crippen LogP contribution in [0.1, 0.15) is 19.8 Å². The second kappa shape index (κ2) is 5.07. The van der Waals surface area contributed by atoms with Gasteiger partial charge in [-0.3, -0.25) is 4.79 Å². The van der Waals surface area contributed by atoms with Crippen molar-refractivity contribution in [1.29, 1.82) is 0 Å². The molecule has 0 saturated heterocycles.